The number of esters is 2. The largest absolute Gasteiger partial charge is 0.479 e. The lowest BCUT2D eigenvalue weighted by Gasteiger charge is -2.13. The van der Waals surface area contributed by atoms with E-state index in [0.29, 0.717) is 0 Å². The van der Waals surface area contributed by atoms with Crippen molar-refractivity contribution >= 4 is 52.3 Å². The van der Waals surface area contributed by atoms with Crippen molar-refractivity contribution in [1.29, 1.82) is 0 Å². The summed E-state index contributed by atoms with van der Waals surface area (Å²) in [5.41, 5.74) is 4.14. The Morgan fingerprint density at radius 3 is 2.32 bits per heavy atom. The summed E-state index contributed by atoms with van der Waals surface area (Å²) in [6.45, 7) is 0. The minimum Gasteiger partial charge on any atom is -0.479 e. The quantitative estimate of drug-likeness (QED) is 0.450. The predicted octanol–water partition coefficient (Wildman–Crippen LogP) is 0.478. The maximum Gasteiger partial charge on any atom is 0.328 e. The van der Waals surface area contributed by atoms with Crippen LogP contribution in [0.3, 0.4) is 0 Å². The molecule has 12 heteroatoms. The van der Waals surface area contributed by atoms with E-state index in [-0.39, 0.29) is 23.0 Å². The molecule has 1 aliphatic rings. The molecule has 0 saturated heterocycles. The summed E-state index contributed by atoms with van der Waals surface area (Å²) in [5.74, 6) is -1.85. The maximum absolute atomic E-state index is 12.3. The molecule has 2 aromatic rings. The first-order chi connectivity index (χ1) is 11.8. The number of halogens is 2. The number of methoxy groups -OCH3 is 3. The van der Waals surface area contributed by atoms with Gasteiger partial charge in [-0.15, -0.1) is 0 Å². The van der Waals surface area contributed by atoms with Gasteiger partial charge < -0.3 is 24.5 Å². The Kier molecular flexibility index (Phi) is 3.92. The fraction of sp³-hybridized carbons (Fsp3) is 0.462. The van der Waals surface area contributed by atoms with E-state index in [2.05, 4.69) is 15.0 Å². The minimum atomic E-state index is -1.97. The lowest BCUT2D eigenvalue weighted by Crippen LogP contribution is -2.34. The fourth-order valence-electron chi connectivity index (χ4n) is 2.91. The Morgan fingerprint density at radius 1 is 1.20 bits per heavy atom. The molecule has 1 atom stereocenters. The van der Waals surface area contributed by atoms with Crippen molar-refractivity contribution in [1.82, 2.24) is 19.5 Å². The molecule has 2 aromatic heterocycles. The van der Waals surface area contributed by atoms with Crippen LogP contribution in [0.4, 0.5) is 5.95 Å². The van der Waals surface area contributed by atoms with Gasteiger partial charge in [-0.2, -0.15) is 9.97 Å². The fourth-order valence-corrected chi connectivity index (χ4v) is 3.85. The van der Waals surface area contributed by atoms with Crippen LogP contribution in [0.25, 0.3) is 11.2 Å². The third-order valence-corrected chi connectivity index (χ3v) is 5.10. The number of nitrogens with zero attached hydrogens (tertiary/aromatic N) is 4. The summed E-state index contributed by atoms with van der Waals surface area (Å²) in [6.07, 6.45) is 1.30. The van der Waals surface area contributed by atoms with Crippen molar-refractivity contribution in [3.05, 3.63) is 6.33 Å². The molecular formula is C13H13Cl2N5O5. The minimum absolute atomic E-state index is 0.0942. The molecule has 1 fully saturated rings. The smallest absolute Gasteiger partial charge is 0.328 e. The highest BCUT2D eigenvalue weighted by atomic mass is 35.5. The normalized spacial score (nSPS) is 20.1. The van der Waals surface area contributed by atoms with Crippen molar-refractivity contribution in [3.8, 4) is 5.88 Å². The summed E-state index contributed by atoms with van der Waals surface area (Å²) < 4.78 is 14.1. The molecule has 0 radical (unpaired) electrons. The molecule has 2 N–H and O–H groups in total. The number of hydrogen-bond donors (Lipinski definition) is 1. The van der Waals surface area contributed by atoms with Gasteiger partial charge in [0, 0.05) is 0 Å². The van der Waals surface area contributed by atoms with Crippen molar-refractivity contribution in [2.75, 3.05) is 27.1 Å². The van der Waals surface area contributed by atoms with Crippen LogP contribution in [0.2, 0.25) is 0 Å². The van der Waals surface area contributed by atoms with Crippen LogP contribution in [0.15, 0.2) is 6.33 Å². The van der Waals surface area contributed by atoms with Gasteiger partial charge in [-0.05, 0) is 0 Å². The van der Waals surface area contributed by atoms with Gasteiger partial charge in [-0.3, -0.25) is 9.59 Å². The standard InChI is InChI=1S/C13H13Cl2N5O5/c1-23-7-5-6(18-11(16)19-7)20(4-17-5)8-12(9(21)24-2,10(22)25-3)13(8,14)15/h4,8H,1-3H3,(H2,16,18,19). The highest BCUT2D eigenvalue weighted by molar-refractivity contribution is 6.56. The molecule has 1 saturated carbocycles. The predicted molar refractivity (Wildman–Crippen MR) is 86.2 cm³/mol. The summed E-state index contributed by atoms with van der Waals surface area (Å²) in [4.78, 5) is 36.8. The summed E-state index contributed by atoms with van der Waals surface area (Å²) in [7, 11) is 3.61. The Morgan fingerprint density at radius 2 is 1.80 bits per heavy atom. The van der Waals surface area contributed by atoms with Gasteiger partial charge in [0.1, 0.15) is 6.04 Å². The molecular weight excluding hydrogens is 377 g/mol. The van der Waals surface area contributed by atoms with Crippen molar-refractivity contribution in [3.63, 3.8) is 0 Å². The van der Waals surface area contributed by atoms with Crippen LogP contribution in [0, 0.1) is 5.41 Å². The molecule has 0 amide bonds. The van der Waals surface area contributed by atoms with Crippen molar-refractivity contribution in [2.24, 2.45) is 5.41 Å². The number of anilines is 1. The zero-order chi connectivity index (χ0) is 18.6. The number of carbonyl (C=O) groups excluding carboxylic acids is 2. The Hall–Kier alpha value is -2.33. The molecule has 0 spiro atoms. The molecule has 10 nitrogen and oxygen atoms in total. The number of ether oxygens (including phenoxy) is 3. The first-order valence-electron chi connectivity index (χ1n) is 6.86. The third kappa shape index (κ3) is 2.07. The highest BCUT2D eigenvalue weighted by Crippen LogP contribution is 2.73. The van der Waals surface area contributed by atoms with E-state index in [9.17, 15) is 9.59 Å². The van der Waals surface area contributed by atoms with E-state index < -0.39 is 27.7 Å². The number of nitrogen functional groups attached to an aromatic ring is 1. The molecule has 0 aliphatic heterocycles. The van der Waals surface area contributed by atoms with E-state index in [0.717, 1.165) is 14.2 Å². The monoisotopic (exact) mass is 389 g/mol. The van der Waals surface area contributed by atoms with E-state index in [1.54, 1.807) is 0 Å². The Bertz CT molecular complexity index is 867. The van der Waals surface area contributed by atoms with E-state index in [1.807, 2.05) is 0 Å². The van der Waals surface area contributed by atoms with E-state index >= 15 is 0 Å². The van der Waals surface area contributed by atoms with E-state index in [1.165, 1.54) is 18.0 Å². The second kappa shape index (κ2) is 5.60. The first-order valence-corrected chi connectivity index (χ1v) is 7.61. The molecule has 134 valence electrons. The number of nitrogens with two attached hydrogens (primary N) is 1. The molecule has 0 bridgehead atoms. The number of carbonyl (C=O) groups is 2. The molecule has 1 aliphatic carbocycles. The zero-order valence-electron chi connectivity index (χ0n) is 13.3. The van der Waals surface area contributed by atoms with Crippen LogP contribution >= 0.6 is 23.2 Å². The average molecular weight is 390 g/mol. The van der Waals surface area contributed by atoms with Gasteiger partial charge >= 0.3 is 11.9 Å². The second-order valence-corrected chi connectivity index (χ2v) is 6.62. The summed E-state index contributed by atoms with van der Waals surface area (Å²) >= 11 is 12.6. The van der Waals surface area contributed by atoms with Crippen molar-refractivity contribution < 1.29 is 23.8 Å². The Balaban J connectivity index is 2.23. The number of imidazole rings is 1. The van der Waals surface area contributed by atoms with Crippen LogP contribution < -0.4 is 10.5 Å². The highest BCUT2D eigenvalue weighted by Gasteiger charge is 2.88. The number of fused-ring (bicyclic) bond motifs is 1. The molecule has 2 heterocycles. The Labute approximate surface area is 151 Å². The molecule has 3 rings (SSSR count). The lowest BCUT2D eigenvalue weighted by atomic mass is 10.1. The summed E-state index contributed by atoms with van der Waals surface area (Å²) in [5, 5.41) is 0. The average Bonchev–Trinajstić information content (AvgIpc) is 2.89. The van der Waals surface area contributed by atoms with Gasteiger partial charge in [-0.25, -0.2) is 4.98 Å². The topological polar surface area (TPSA) is 131 Å². The van der Waals surface area contributed by atoms with Gasteiger partial charge in [0.25, 0.3) is 0 Å². The molecule has 1 unspecified atom stereocenters. The van der Waals surface area contributed by atoms with Crippen LogP contribution in [0.1, 0.15) is 6.04 Å². The number of hydrogen-bond acceptors (Lipinski definition) is 9. The van der Waals surface area contributed by atoms with Gasteiger partial charge in [0.2, 0.25) is 17.2 Å². The van der Waals surface area contributed by atoms with Crippen LogP contribution in [0.5, 0.6) is 5.88 Å². The second-order valence-electron chi connectivity index (χ2n) is 5.23. The third-order valence-electron chi connectivity index (χ3n) is 4.09. The zero-order valence-corrected chi connectivity index (χ0v) is 14.8. The number of alkyl halides is 2. The van der Waals surface area contributed by atoms with Crippen LogP contribution in [-0.4, -0.2) is 57.1 Å². The number of rotatable bonds is 4. The molecule has 25 heavy (non-hydrogen) atoms. The SMILES string of the molecule is COC(=O)C1(C(=O)OC)C(n2cnc3c(OC)nc(N)nc32)C1(Cl)Cl. The van der Waals surface area contributed by atoms with Gasteiger partial charge in [-0.1, -0.05) is 23.2 Å². The van der Waals surface area contributed by atoms with Gasteiger partial charge in [0.05, 0.1) is 27.7 Å². The van der Waals surface area contributed by atoms with Crippen molar-refractivity contribution in [2.45, 2.75) is 10.4 Å². The first kappa shape index (κ1) is 17.5. The summed E-state index contributed by atoms with van der Waals surface area (Å²) in [6, 6.07) is -1.08. The molecule has 0 aromatic carbocycles. The van der Waals surface area contributed by atoms with E-state index in [4.69, 9.17) is 43.1 Å². The van der Waals surface area contributed by atoms with Crippen LogP contribution in [-0.2, 0) is 19.1 Å². The van der Waals surface area contributed by atoms with Gasteiger partial charge in [0.15, 0.2) is 15.5 Å². The lowest BCUT2D eigenvalue weighted by molar-refractivity contribution is -0.162. The number of aromatic nitrogens is 4. The maximum atomic E-state index is 12.3.